The molecule has 0 heterocycles. The van der Waals surface area contributed by atoms with Crippen molar-refractivity contribution >= 4 is 17.4 Å². The van der Waals surface area contributed by atoms with E-state index in [1.807, 2.05) is 12.1 Å². The molecule has 0 amide bonds. The Labute approximate surface area is 99.6 Å². The van der Waals surface area contributed by atoms with Crippen LogP contribution in [0.5, 0.6) is 0 Å². The lowest BCUT2D eigenvalue weighted by Crippen LogP contribution is -2.20. The SMILES string of the molecule is CSCCNCCc1ccccc1[N+](=O)[O-]. The Morgan fingerprint density at radius 3 is 2.81 bits per heavy atom. The predicted molar refractivity (Wildman–Crippen MR) is 68.1 cm³/mol. The second kappa shape index (κ2) is 7.24. The minimum Gasteiger partial charge on any atom is -0.316 e. The van der Waals surface area contributed by atoms with Gasteiger partial charge in [-0.2, -0.15) is 11.8 Å². The Balaban J connectivity index is 2.44. The van der Waals surface area contributed by atoms with Gasteiger partial charge in [0.15, 0.2) is 0 Å². The summed E-state index contributed by atoms with van der Waals surface area (Å²) in [5.74, 6) is 1.07. The summed E-state index contributed by atoms with van der Waals surface area (Å²) in [5.41, 5.74) is 1.01. The second-order valence-corrected chi connectivity index (χ2v) is 4.36. The van der Waals surface area contributed by atoms with Crippen molar-refractivity contribution in [3.05, 3.63) is 39.9 Å². The van der Waals surface area contributed by atoms with Gasteiger partial charge in [0, 0.05) is 23.9 Å². The summed E-state index contributed by atoms with van der Waals surface area (Å²) in [4.78, 5) is 10.4. The van der Waals surface area contributed by atoms with Gasteiger partial charge in [0.1, 0.15) is 0 Å². The molecule has 0 aliphatic carbocycles. The lowest BCUT2D eigenvalue weighted by atomic mass is 10.1. The van der Waals surface area contributed by atoms with Crippen molar-refractivity contribution in [3.63, 3.8) is 0 Å². The number of nitrogens with zero attached hydrogens (tertiary/aromatic N) is 1. The molecule has 0 fully saturated rings. The summed E-state index contributed by atoms with van der Waals surface area (Å²) in [5, 5.41) is 14.0. The van der Waals surface area contributed by atoms with Gasteiger partial charge in [-0.05, 0) is 19.2 Å². The first kappa shape index (κ1) is 13.0. The van der Waals surface area contributed by atoms with Crippen molar-refractivity contribution in [2.45, 2.75) is 6.42 Å². The van der Waals surface area contributed by atoms with Crippen LogP contribution >= 0.6 is 11.8 Å². The van der Waals surface area contributed by atoms with Crippen LogP contribution in [0.2, 0.25) is 0 Å². The van der Waals surface area contributed by atoms with Crippen LogP contribution in [0, 0.1) is 10.1 Å². The summed E-state index contributed by atoms with van der Waals surface area (Å²) in [7, 11) is 0. The Hall–Kier alpha value is -1.07. The van der Waals surface area contributed by atoms with E-state index in [2.05, 4.69) is 11.6 Å². The predicted octanol–water partition coefficient (Wildman–Crippen LogP) is 2.09. The second-order valence-electron chi connectivity index (χ2n) is 3.38. The zero-order chi connectivity index (χ0) is 11.8. The molecule has 1 N–H and O–H groups in total. The largest absolute Gasteiger partial charge is 0.316 e. The summed E-state index contributed by atoms with van der Waals surface area (Å²) in [6, 6.07) is 6.90. The minimum atomic E-state index is -0.322. The first-order valence-electron chi connectivity index (χ1n) is 5.17. The van der Waals surface area contributed by atoms with Gasteiger partial charge in [-0.3, -0.25) is 10.1 Å². The lowest BCUT2D eigenvalue weighted by molar-refractivity contribution is -0.385. The zero-order valence-electron chi connectivity index (χ0n) is 9.31. The van der Waals surface area contributed by atoms with E-state index in [-0.39, 0.29) is 10.6 Å². The maximum absolute atomic E-state index is 10.7. The van der Waals surface area contributed by atoms with Crippen molar-refractivity contribution in [1.82, 2.24) is 5.32 Å². The molecule has 0 bridgehead atoms. The Morgan fingerprint density at radius 1 is 1.38 bits per heavy atom. The fraction of sp³-hybridized carbons (Fsp3) is 0.455. The molecule has 1 aromatic rings. The number of rotatable bonds is 7. The molecule has 0 saturated carbocycles. The van der Waals surface area contributed by atoms with Crippen LogP contribution in [0.4, 0.5) is 5.69 Å². The molecule has 0 unspecified atom stereocenters. The van der Waals surface area contributed by atoms with Gasteiger partial charge in [-0.1, -0.05) is 18.2 Å². The molecule has 1 rings (SSSR count). The van der Waals surface area contributed by atoms with Crippen LogP contribution in [0.1, 0.15) is 5.56 Å². The van der Waals surface area contributed by atoms with E-state index in [0.29, 0.717) is 6.42 Å². The molecular formula is C11H16N2O2S. The van der Waals surface area contributed by atoms with E-state index in [4.69, 9.17) is 0 Å². The molecule has 1 aromatic carbocycles. The number of nitro benzene ring substituents is 1. The molecular weight excluding hydrogens is 224 g/mol. The van der Waals surface area contributed by atoms with Gasteiger partial charge in [0.05, 0.1) is 4.92 Å². The molecule has 0 saturated heterocycles. The molecule has 16 heavy (non-hydrogen) atoms. The van der Waals surface area contributed by atoms with E-state index >= 15 is 0 Å². The Kier molecular flexibility index (Phi) is 5.88. The molecule has 0 radical (unpaired) electrons. The zero-order valence-corrected chi connectivity index (χ0v) is 10.1. The third kappa shape index (κ3) is 4.20. The van der Waals surface area contributed by atoms with Gasteiger partial charge < -0.3 is 5.32 Å². The summed E-state index contributed by atoms with van der Waals surface area (Å²) in [6.07, 6.45) is 2.76. The number of benzene rings is 1. The van der Waals surface area contributed by atoms with Gasteiger partial charge in [-0.25, -0.2) is 0 Å². The highest BCUT2D eigenvalue weighted by Gasteiger charge is 2.10. The van der Waals surface area contributed by atoms with Crippen LogP contribution in [0.3, 0.4) is 0 Å². The average Bonchev–Trinajstić information content (AvgIpc) is 2.29. The fourth-order valence-electron chi connectivity index (χ4n) is 1.42. The smallest absolute Gasteiger partial charge is 0.272 e. The van der Waals surface area contributed by atoms with Crippen LogP contribution in [0.15, 0.2) is 24.3 Å². The number of para-hydroxylation sites is 1. The van der Waals surface area contributed by atoms with E-state index < -0.39 is 0 Å². The molecule has 0 spiro atoms. The minimum absolute atomic E-state index is 0.217. The number of nitro groups is 1. The maximum atomic E-state index is 10.7. The quantitative estimate of drug-likeness (QED) is 0.450. The normalized spacial score (nSPS) is 10.3. The van der Waals surface area contributed by atoms with E-state index in [1.54, 1.807) is 23.9 Å². The highest BCUT2D eigenvalue weighted by Crippen LogP contribution is 2.17. The third-order valence-corrected chi connectivity index (χ3v) is 2.85. The van der Waals surface area contributed by atoms with Crippen molar-refractivity contribution in [2.24, 2.45) is 0 Å². The van der Waals surface area contributed by atoms with Gasteiger partial charge in [-0.15, -0.1) is 0 Å². The number of nitrogens with one attached hydrogen (secondary N) is 1. The average molecular weight is 240 g/mol. The Morgan fingerprint density at radius 2 is 2.12 bits per heavy atom. The van der Waals surface area contributed by atoms with Crippen molar-refractivity contribution in [2.75, 3.05) is 25.1 Å². The van der Waals surface area contributed by atoms with Crippen LogP contribution in [-0.2, 0) is 6.42 Å². The molecule has 88 valence electrons. The number of hydrogen-bond acceptors (Lipinski definition) is 4. The Bertz CT molecular complexity index is 345. The monoisotopic (exact) mass is 240 g/mol. The van der Waals surface area contributed by atoms with Gasteiger partial charge in [0.25, 0.3) is 5.69 Å². The van der Waals surface area contributed by atoms with Crippen LogP contribution < -0.4 is 5.32 Å². The molecule has 0 aliphatic rings. The molecule has 0 aliphatic heterocycles. The number of thioether (sulfide) groups is 1. The first-order chi connectivity index (χ1) is 7.75. The topological polar surface area (TPSA) is 55.2 Å². The van der Waals surface area contributed by atoms with Crippen molar-refractivity contribution < 1.29 is 4.92 Å². The fourth-order valence-corrected chi connectivity index (χ4v) is 1.77. The molecule has 0 atom stereocenters. The van der Waals surface area contributed by atoms with Crippen LogP contribution in [-0.4, -0.2) is 30.0 Å². The molecule has 5 heteroatoms. The van der Waals surface area contributed by atoms with Gasteiger partial charge >= 0.3 is 0 Å². The highest BCUT2D eigenvalue weighted by atomic mass is 32.2. The van der Waals surface area contributed by atoms with Crippen molar-refractivity contribution in [3.8, 4) is 0 Å². The van der Waals surface area contributed by atoms with Gasteiger partial charge in [0.2, 0.25) is 0 Å². The number of hydrogen-bond donors (Lipinski definition) is 1. The summed E-state index contributed by atoms with van der Waals surface area (Å²) >= 11 is 1.79. The molecule has 0 aromatic heterocycles. The molecule has 4 nitrogen and oxygen atoms in total. The van der Waals surface area contributed by atoms with E-state index in [0.717, 1.165) is 24.4 Å². The standard InChI is InChI=1S/C11H16N2O2S/c1-16-9-8-12-7-6-10-4-2-3-5-11(10)13(14)15/h2-5,12H,6-9H2,1H3. The van der Waals surface area contributed by atoms with Crippen molar-refractivity contribution in [1.29, 1.82) is 0 Å². The highest BCUT2D eigenvalue weighted by molar-refractivity contribution is 7.98. The van der Waals surface area contributed by atoms with E-state index in [1.165, 1.54) is 0 Å². The summed E-state index contributed by atoms with van der Waals surface area (Å²) < 4.78 is 0. The van der Waals surface area contributed by atoms with Crippen LogP contribution in [0.25, 0.3) is 0 Å². The lowest BCUT2D eigenvalue weighted by Gasteiger charge is -2.04. The maximum Gasteiger partial charge on any atom is 0.272 e. The van der Waals surface area contributed by atoms with E-state index in [9.17, 15) is 10.1 Å². The first-order valence-corrected chi connectivity index (χ1v) is 6.57. The third-order valence-electron chi connectivity index (χ3n) is 2.24. The summed E-state index contributed by atoms with van der Waals surface area (Å²) in [6.45, 7) is 1.73.